The molecule has 1 aromatic carbocycles. The van der Waals surface area contributed by atoms with Crippen molar-refractivity contribution in [2.75, 3.05) is 26.9 Å². The monoisotopic (exact) mass is 352 g/mol. The third kappa shape index (κ3) is 3.03. The summed E-state index contributed by atoms with van der Waals surface area (Å²) in [5.74, 6) is 1.53. The zero-order chi connectivity index (χ0) is 17.9. The SMILES string of the molecule is CCCCOc1cc2[nH]c3ccnc(C4=CCOCC4)c3c2cc1OC. The Bertz CT molecular complexity index is 959. The number of aromatic nitrogens is 2. The van der Waals surface area contributed by atoms with E-state index in [-0.39, 0.29) is 0 Å². The number of nitrogens with zero attached hydrogens (tertiary/aromatic N) is 1. The van der Waals surface area contributed by atoms with Crippen molar-refractivity contribution < 1.29 is 14.2 Å². The number of methoxy groups -OCH3 is 1. The number of hydrogen-bond donors (Lipinski definition) is 1. The van der Waals surface area contributed by atoms with Crippen LogP contribution in [0.1, 0.15) is 31.9 Å². The first kappa shape index (κ1) is 16.9. The van der Waals surface area contributed by atoms with Crippen molar-refractivity contribution in [3.63, 3.8) is 0 Å². The summed E-state index contributed by atoms with van der Waals surface area (Å²) >= 11 is 0. The van der Waals surface area contributed by atoms with Gasteiger partial charge in [-0.05, 0) is 30.5 Å². The van der Waals surface area contributed by atoms with Crippen LogP contribution in [0, 0.1) is 0 Å². The van der Waals surface area contributed by atoms with E-state index in [4.69, 9.17) is 14.2 Å². The standard InChI is InChI=1S/C21H24N2O3/c1-3-4-9-26-19-13-17-15(12-18(19)24-2)20-16(23-17)5-8-22-21(20)14-6-10-25-11-7-14/h5-6,8,12-13,23H,3-4,7,9-11H2,1-2H3. The molecule has 5 heteroatoms. The largest absolute Gasteiger partial charge is 0.493 e. The molecule has 3 aromatic rings. The first-order valence-electron chi connectivity index (χ1n) is 9.20. The summed E-state index contributed by atoms with van der Waals surface area (Å²) in [6.45, 7) is 4.23. The molecule has 3 heterocycles. The highest BCUT2D eigenvalue weighted by molar-refractivity contribution is 6.12. The van der Waals surface area contributed by atoms with Gasteiger partial charge in [0.25, 0.3) is 0 Å². The summed E-state index contributed by atoms with van der Waals surface area (Å²) < 4.78 is 17.0. The number of benzene rings is 1. The number of unbranched alkanes of at least 4 members (excludes halogenated alkanes) is 1. The average molecular weight is 352 g/mol. The van der Waals surface area contributed by atoms with E-state index in [9.17, 15) is 0 Å². The van der Waals surface area contributed by atoms with Gasteiger partial charge in [0.05, 0.1) is 43.7 Å². The molecule has 0 atom stereocenters. The number of fused-ring (bicyclic) bond motifs is 3. The maximum Gasteiger partial charge on any atom is 0.163 e. The van der Waals surface area contributed by atoms with E-state index in [1.54, 1.807) is 7.11 Å². The Morgan fingerprint density at radius 2 is 2.15 bits per heavy atom. The van der Waals surface area contributed by atoms with Crippen LogP contribution in [-0.2, 0) is 4.74 Å². The molecule has 26 heavy (non-hydrogen) atoms. The molecule has 1 N–H and O–H groups in total. The van der Waals surface area contributed by atoms with E-state index in [2.05, 4.69) is 29.0 Å². The number of H-pyrrole nitrogens is 1. The Hall–Kier alpha value is -2.53. The van der Waals surface area contributed by atoms with Gasteiger partial charge in [-0.25, -0.2) is 0 Å². The smallest absolute Gasteiger partial charge is 0.163 e. The molecule has 1 aliphatic heterocycles. The van der Waals surface area contributed by atoms with Crippen molar-refractivity contribution in [3.05, 3.63) is 36.2 Å². The first-order valence-corrected chi connectivity index (χ1v) is 9.20. The van der Waals surface area contributed by atoms with Crippen LogP contribution >= 0.6 is 0 Å². The van der Waals surface area contributed by atoms with E-state index >= 15 is 0 Å². The molecule has 0 aliphatic carbocycles. The molecular weight excluding hydrogens is 328 g/mol. The third-order valence-electron chi connectivity index (χ3n) is 4.82. The number of hydrogen-bond acceptors (Lipinski definition) is 4. The molecule has 0 saturated carbocycles. The minimum atomic E-state index is 0.647. The van der Waals surface area contributed by atoms with Crippen LogP contribution in [0.2, 0.25) is 0 Å². The zero-order valence-corrected chi connectivity index (χ0v) is 15.3. The average Bonchev–Trinajstić information content (AvgIpc) is 3.05. The second kappa shape index (κ2) is 7.38. The fraction of sp³-hybridized carbons (Fsp3) is 0.381. The van der Waals surface area contributed by atoms with Gasteiger partial charge in [-0.2, -0.15) is 0 Å². The summed E-state index contributed by atoms with van der Waals surface area (Å²) in [4.78, 5) is 8.18. The van der Waals surface area contributed by atoms with Gasteiger partial charge in [0.2, 0.25) is 0 Å². The highest BCUT2D eigenvalue weighted by Gasteiger charge is 2.17. The molecule has 4 rings (SSSR count). The third-order valence-corrected chi connectivity index (χ3v) is 4.82. The summed E-state index contributed by atoms with van der Waals surface area (Å²) in [5.41, 5.74) is 4.38. The van der Waals surface area contributed by atoms with Crippen molar-refractivity contribution in [2.24, 2.45) is 0 Å². The van der Waals surface area contributed by atoms with Crippen LogP contribution in [-0.4, -0.2) is 36.9 Å². The minimum Gasteiger partial charge on any atom is -0.493 e. The van der Waals surface area contributed by atoms with Crippen LogP contribution in [0.5, 0.6) is 11.5 Å². The molecule has 2 aromatic heterocycles. The van der Waals surface area contributed by atoms with Crippen molar-refractivity contribution in [2.45, 2.75) is 26.2 Å². The van der Waals surface area contributed by atoms with Crippen molar-refractivity contribution in [1.29, 1.82) is 0 Å². The van der Waals surface area contributed by atoms with E-state index in [1.165, 1.54) is 5.57 Å². The summed E-state index contributed by atoms with van der Waals surface area (Å²) in [7, 11) is 1.68. The normalized spacial score (nSPS) is 14.6. The number of rotatable bonds is 6. The summed E-state index contributed by atoms with van der Waals surface area (Å²) in [5, 5.41) is 2.24. The predicted octanol–water partition coefficient (Wildman–Crippen LogP) is 4.71. The Morgan fingerprint density at radius 3 is 2.92 bits per heavy atom. The van der Waals surface area contributed by atoms with Gasteiger partial charge >= 0.3 is 0 Å². The Labute approximate surface area is 153 Å². The zero-order valence-electron chi connectivity index (χ0n) is 15.3. The first-order chi connectivity index (χ1) is 12.8. The molecular formula is C21H24N2O3. The van der Waals surface area contributed by atoms with Gasteiger partial charge in [-0.15, -0.1) is 0 Å². The fourth-order valence-corrected chi connectivity index (χ4v) is 3.44. The number of pyridine rings is 1. The Balaban J connectivity index is 1.86. The molecule has 0 saturated heterocycles. The van der Waals surface area contributed by atoms with E-state index in [0.717, 1.165) is 64.9 Å². The molecule has 1 aliphatic rings. The second-order valence-corrected chi connectivity index (χ2v) is 6.51. The molecule has 0 amide bonds. The predicted molar refractivity (Wildman–Crippen MR) is 104 cm³/mol. The topological polar surface area (TPSA) is 56.4 Å². The maximum atomic E-state index is 5.93. The van der Waals surface area contributed by atoms with Gasteiger partial charge in [-0.3, -0.25) is 4.98 Å². The lowest BCUT2D eigenvalue weighted by atomic mass is 10.0. The van der Waals surface area contributed by atoms with Gasteiger partial charge in [0.1, 0.15) is 0 Å². The molecule has 0 radical (unpaired) electrons. The van der Waals surface area contributed by atoms with Crippen LogP contribution in [0.15, 0.2) is 30.5 Å². The molecule has 0 bridgehead atoms. The van der Waals surface area contributed by atoms with Crippen LogP contribution in [0.25, 0.3) is 27.4 Å². The van der Waals surface area contributed by atoms with Gasteiger partial charge in [0.15, 0.2) is 11.5 Å². The lowest BCUT2D eigenvalue weighted by Crippen LogP contribution is -2.05. The highest BCUT2D eigenvalue weighted by atomic mass is 16.5. The molecule has 5 nitrogen and oxygen atoms in total. The highest BCUT2D eigenvalue weighted by Crippen LogP contribution is 2.38. The van der Waals surface area contributed by atoms with E-state index in [1.807, 2.05) is 18.3 Å². The van der Waals surface area contributed by atoms with E-state index < -0.39 is 0 Å². The van der Waals surface area contributed by atoms with Crippen LogP contribution in [0.3, 0.4) is 0 Å². The minimum absolute atomic E-state index is 0.647. The molecule has 0 spiro atoms. The van der Waals surface area contributed by atoms with Crippen molar-refractivity contribution >= 4 is 27.4 Å². The van der Waals surface area contributed by atoms with Crippen molar-refractivity contribution in [1.82, 2.24) is 9.97 Å². The molecule has 0 unspecified atom stereocenters. The second-order valence-electron chi connectivity index (χ2n) is 6.51. The molecule has 0 fully saturated rings. The summed E-state index contributed by atoms with van der Waals surface area (Å²) in [6.07, 6.45) is 7.00. The molecule has 136 valence electrons. The van der Waals surface area contributed by atoms with Crippen molar-refractivity contribution in [3.8, 4) is 11.5 Å². The quantitative estimate of drug-likeness (QED) is 0.653. The van der Waals surface area contributed by atoms with Gasteiger partial charge in [-0.1, -0.05) is 19.4 Å². The lowest BCUT2D eigenvalue weighted by Gasteiger charge is -2.14. The van der Waals surface area contributed by atoms with Crippen LogP contribution < -0.4 is 9.47 Å². The lowest BCUT2D eigenvalue weighted by molar-refractivity contribution is 0.161. The van der Waals surface area contributed by atoms with E-state index in [0.29, 0.717) is 13.2 Å². The number of aromatic amines is 1. The summed E-state index contributed by atoms with van der Waals surface area (Å²) in [6, 6.07) is 6.11. The maximum absolute atomic E-state index is 5.93. The number of nitrogens with one attached hydrogen (secondary N) is 1. The van der Waals surface area contributed by atoms with Crippen LogP contribution in [0.4, 0.5) is 0 Å². The fourth-order valence-electron chi connectivity index (χ4n) is 3.44. The Morgan fingerprint density at radius 1 is 1.23 bits per heavy atom. The Kier molecular flexibility index (Phi) is 4.80. The van der Waals surface area contributed by atoms with Gasteiger partial charge < -0.3 is 19.2 Å². The number of ether oxygens (including phenoxy) is 3. The van der Waals surface area contributed by atoms with Gasteiger partial charge in [0, 0.05) is 23.0 Å².